The second-order valence-corrected chi connectivity index (χ2v) is 3.51. The summed E-state index contributed by atoms with van der Waals surface area (Å²) in [6.45, 7) is 3.61. The quantitative estimate of drug-likeness (QED) is 0.836. The fourth-order valence-electron chi connectivity index (χ4n) is 1.22. The summed E-state index contributed by atoms with van der Waals surface area (Å²) in [5, 5.41) is 0.414. The highest BCUT2D eigenvalue weighted by molar-refractivity contribution is 6.31. The van der Waals surface area contributed by atoms with Crippen molar-refractivity contribution in [3.05, 3.63) is 34.1 Å². The molecule has 2 N–H and O–H groups in total. The molecular weight excluding hydrogens is 224 g/mol. The predicted octanol–water partition coefficient (Wildman–Crippen LogP) is 3.62. The Morgan fingerprint density at radius 1 is 1.50 bits per heavy atom. The van der Waals surface area contributed by atoms with E-state index in [1.54, 1.807) is 19.1 Å². The zero-order chi connectivity index (χ0) is 10.0. The van der Waals surface area contributed by atoms with Crippen molar-refractivity contribution >= 4 is 24.0 Å². The number of halogens is 3. The van der Waals surface area contributed by atoms with Crippen molar-refractivity contribution in [3.8, 4) is 0 Å². The highest BCUT2D eigenvalue weighted by Crippen LogP contribution is 2.27. The summed E-state index contributed by atoms with van der Waals surface area (Å²) < 4.78 is 13.5. The first-order valence-electron chi connectivity index (χ1n) is 4.28. The molecule has 0 unspecified atom stereocenters. The van der Waals surface area contributed by atoms with E-state index in [4.69, 9.17) is 17.3 Å². The first-order valence-corrected chi connectivity index (χ1v) is 4.65. The van der Waals surface area contributed by atoms with Gasteiger partial charge in [-0.1, -0.05) is 24.6 Å². The molecule has 0 fully saturated rings. The van der Waals surface area contributed by atoms with E-state index in [-0.39, 0.29) is 24.3 Å². The average molecular weight is 238 g/mol. The Morgan fingerprint density at radius 3 is 2.57 bits per heavy atom. The molecule has 0 aliphatic carbocycles. The Kier molecular flexibility index (Phi) is 5.42. The lowest BCUT2D eigenvalue weighted by Gasteiger charge is -2.13. The molecule has 0 spiro atoms. The van der Waals surface area contributed by atoms with Gasteiger partial charge in [-0.2, -0.15) is 0 Å². The standard InChI is InChI=1S/C10H13ClFN.ClH/c1-3-8(13)9-7(11)5-4-6(2)10(9)12;/h4-5,8H,3,13H2,1-2H3;1H/t8-;/m0./s1. The minimum absolute atomic E-state index is 0. The van der Waals surface area contributed by atoms with Gasteiger partial charge in [-0.05, 0) is 25.0 Å². The Labute approximate surface area is 94.9 Å². The molecule has 1 nitrogen and oxygen atoms in total. The molecule has 0 radical (unpaired) electrons. The van der Waals surface area contributed by atoms with Crippen LogP contribution in [0.3, 0.4) is 0 Å². The van der Waals surface area contributed by atoms with Crippen molar-refractivity contribution < 1.29 is 4.39 Å². The van der Waals surface area contributed by atoms with Crippen molar-refractivity contribution in [1.82, 2.24) is 0 Å². The summed E-state index contributed by atoms with van der Waals surface area (Å²) >= 11 is 5.86. The first kappa shape index (κ1) is 13.7. The molecule has 1 atom stereocenters. The number of aryl methyl sites for hydroxylation is 1. The topological polar surface area (TPSA) is 26.0 Å². The fourth-order valence-corrected chi connectivity index (χ4v) is 1.51. The van der Waals surface area contributed by atoms with E-state index in [2.05, 4.69) is 0 Å². The van der Waals surface area contributed by atoms with Gasteiger partial charge in [0, 0.05) is 16.6 Å². The normalized spacial score (nSPS) is 12.1. The van der Waals surface area contributed by atoms with Gasteiger partial charge >= 0.3 is 0 Å². The largest absolute Gasteiger partial charge is 0.324 e. The third kappa shape index (κ3) is 2.59. The van der Waals surface area contributed by atoms with Gasteiger partial charge in [-0.25, -0.2) is 4.39 Å². The average Bonchev–Trinajstić information content (AvgIpc) is 2.12. The maximum absolute atomic E-state index is 13.5. The molecule has 0 saturated carbocycles. The molecule has 1 aromatic carbocycles. The smallest absolute Gasteiger partial charge is 0.132 e. The summed E-state index contributed by atoms with van der Waals surface area (Å²) in [4.78, 5) is 0. The Bertz CT molecular complexity index is 315. The Hall–Kier alpha value is -0.310. The lowest BCUT2D eigenvalue weighted by molar-refractivity contribution is 0.568. The van der Waals surface area contributed by atoms with Crippen LogP contribution in [0.1, 0.15) is 30.5 Å². The lowest BCUT2D eigenvalue weighted by Crippen LogP contribution is -2.12. The van der Waals surface area contributed by atoms with E-state index in [1.165, 1.54) is 0 Å². The zero-order valence-electron chi connectivity index (χ0n) is 8.18. The minimum atomic E-state index is -0.313. The van der Waals surface area contributed by atoms with Gasteiger partial charge < -0.3 is 5.73 Å². The van der Waals surface area contributed by atoms with Crippen molar-refractivity contribution in [3.63, 3.8) is 0 Å². The number of rotatable bonds is 2. The van der Waals surface area contributed by atoms with Crippen molar-refractivity contribution in [2.24, 2.45) is 5.73 Å². The molecule has 0 saturated heterocycles. The van der Waals surface area contributed by atoms with E-state index in [9.17, 15) is 4.39 Å². The van der Waals surface area contributed by atoms with Crippen molar-refractivity contribution in [2.75, 3.05) is 0 Å². The molecule has 1 rings (SSSR count). The van der Waals surface area contributed by atoms with Crippen LogP contribution in [0.2, 0.25) is 5.02 Å². The number of hydrogen-bond donors (Lipinski definition) is 1. The fraction of sp³-hybridized carbons (Fsp3) is 0.400. The van der Waals surface area contributed by atoms with Gasteiger partial charge in [-0.15, -0.1) is 12.4 Å². The van der Waals surface area contributed by atoms with Gasteiger partial charge in [0.05, 0.1) is 0 Å². The monoisotopic (exact) mass is 237 g/mol. The van der Waals surface area contributed by atoms with Crippen molar-refractivity contribution in [1.29, 1.82) is 0 Å². The van der Waals surface area contributed by atoms with Crippen LogP contribution in [-0.4, -0.2) is 0 Å². The number of nitrogens with two attached hydrogens (primary N) is 1. The summed E-state index contributed by atoms with van der Waals surface area (Å²) in [5.41, 5.74) is 6.76. The molecule has 14 heavy (non-hydrogen) atoms. The number of hydrogen-bond acceptors (Lipinski definition) is 1. The van der Waals surface area contributed by atoms with Crippen molar-refractivity contribution in [2.45, 2.75) is 26.3 Å². The molecule has 80 valence electrons. The maximum Gasteiger partial charge on any atom is 0.132 e. The highest BCUT2D eigenvalue weighted by Gasteiger charge is 2.15. The first-order chi connectivity index (χ1) is 6.07. The van der Waals surface area contributed by atoms with E-state index < -0.39 is 0 Å². The van der Waals surface area contributed by atoms with E-state index in [0.29, 0.717) is 22.6 Å². The third-order valence-corrected chi connectivity index (χ3v) is 2.46. The molecular formula is C10H14Cl2FN. The van der Waals surface area contributed by atoms with Gasteiger partial charge in [0.2, 0.25) is 0 Å². The molecule has 0 aromatic heterocycles. The van der Waals surface area contributed by atoms with Crippen LogP contribution < -0.4 is 5.73 Å². The van der Waals surface area contributed by atoms with Crippen LogP contribution in [0.5, 0.6) is 0 Å². The van der Waals surface area contributed by atoms with Crippen LogP contribution >= 0.6 is 24.0 Å². The second kappa shape index (κ2) is 5.54. The Morgan fingerprint density at radius 2 is 2.07 bits per heavy atom. The van der Waals surface area contributed by atoms with Crippen LogP contribution in [0, 0.1) is 12.7 Å². The van der Waals surface area contributed by atoms with E-state index in [1.807, 2.05) is 6.92 Å². The molecule has 0 aliphatic heterocycles. The van der Waals surface area contributed by atoms with Gasteiger partial charge in [0.1, 0.15) is 5.82 Å². The minimum Gasteiger partial charge on any atom is -0.324 e. The molecule has 0 bridgehead atoms. The second-order valence-electron chi connectivity index (χ2n) is 3.11. The highest BCUT2D eigenvalue weighted by atomic mass is 35.5. The Balaban J connectivity index is 0.00000169. The zero-order valence-corrected chi connectivity index (χ0v) is 9.75. The lowest BCUT2D eigenvalue weighted by atomic mass is 10.0. The summed E-state index contributed by atoms with van der Waals surface area (Å²) in [6, 6.07) is 3.03. The summed E-state index contributed by atoms with van der Waals surface area (Å²) in [5.74, 6) is -0.276. The SMILES string of the molecule is CC[C@H](N)c1c(Cl)ccc(C)c1F.Cl. The van der Waals surface area contributed by atoms with Gasteiger partial charge in [-0.3, -0.25) is 0 Å². The third-order valence-electron chi connectivity index (χ3n) is 2.13. The molecule has 0 heterocycles. The predicted molar refractivity (Wildman–Crippen MR) is 60.6 cm³/mol. The summed E-state index contributed by atoms with van der Waals surface area (Å²) in [6.07, 6.45) is 0.681. The van der Waals surface area contributed by atoms with E-state index >= 15 is 0 Å². The molecule has 0 aliphatic rings. The number of benzene rings is 1. The van der Waals surface area contributed by atoms with Crippen LogP contribution in [0.15, 0.2) is 12.1 Å². The van der Waals surface area contributed by atoms with Gasteiger partial charge in [0.25, 0.3) is 0 Å². The van der Waals surface area contributed by atoms with Crippen LogP contribution in [0.25, 0.3) is 0 Å². The van der Waals surface area contributed by atoms with E-state index in [0.717, 1.165) is 0 Å². The molecule has 0 amide bonds. The summed E-state index contributed by atoms with van der Waals surface area (Å²) in [7, 11) is 0. The molecule has 4 heteroatoms. The maximum atomic E-state index is 13.5. The molecule has 1 aromatic rings. The van der Waals surface area contributed by atoms with Gasteiger partial charge in [0.15, 0.2) is 0 Å². The van der Waals surface area contributed by atoms with Crippen LogP contribution in [-0.2, 0) is 0 Å². The van der Waals surface area contributed by atoms with Crippen LogP contribution in [0.4, 0.5) is 4.39 Å².